The molecule has 0 aliphatic rings. The minimum atomic E-state index is -3.58. The summed E-state index contributed by atoms with van der Waals surface area (Å²) in [5.41, 5.74) is 1.89. The van der Waals surface area contributed by atoms with E-state index in [1.165, 1.54) is 0 Å². The van der Waals surface area contributed by atoms with E-state index in [1.54, 1.807) is 31.6 Å². The second-order valence-electron chi connectivity index (χ2n) is 5.17. The lowest BCUT2D eigenvalue weighted by Gasteiger charge is -2.08. The van der Waals surface area contributed by atoms with Gasteiger partial charge in [-0.1, -0.05) is 6.07 Å². The molecule has 0 saturated heterocycles. The summed E-state index contributed by atoms with van der Waals surface area (Å²) in [5, 5.41) is 4.14. The van der Waals surface area contributed by atoms with Crippen LogP contribution in [0.3, 0.4) is 0 Å². The van der Waals surface area contributed by atoms with Crippen molar-refractivity contribution in [3.05, 3.63) is 35.3 Å². The molecule has 7 nitrogen and oxygen atoms in total. The number of ether oxygens (including phenoxy) is 1. The predicted octanol–water partition coefficient (Wildman–Crippen LogP) is 1.35. The van der Waals surface area contributed by atoms with Gasteiger partial charge in [-0.2, -0.15) is 5.10 Å². The Labute approximate surface area is 136 Å². The van der Waals surface area contributed by atoms with Crippen molar-refractivity contribution in [2.24, 2.45) is 7.05 Å². The minimum absolute atomic E-state index is 0.246. The van der Waals surface area contributed by atoms with Gasteiger partial charge in [0.15, 0.2) is 0 Å². The molecule has 0 atom stereocenters. The first kappa shape index (κ1) is 17.4. The number of sulfonamides is 1. The van der Waals surface area contributed by atoms with Crippen LogP contribution in [0.25, 0.3) is 0 Å². The highest BCUT2D eigenvalue weighted by Gasteiger charge is 2.23. The van der Waals surface area contributed by atoms with Crippen molar-refractivity contribution < 1.29 is 13.2 Å². The number of rotatable bonds is 7. The molecule has 8 heteroatoms. The molecular formula is C15H22N4O3S. The van der Waals surface area contributed by atoms with Gasteiger partial charge in [0.2, 0.25) is 15.9 Å². The topological polar surface area (TPSA) is 86.1 Å². The van der Waals surface area contributed by atoms with Crippen LogP contribution in [-0.2, 0) is 23.5 Å². The third-order valence-electron chi connectivity index (χ3n) is 3.46. The highest BCUT2D eigenvalue weighted by Crippen LogP contribution is 2.18. The molecule has 2 aromatic rings. The average molecular weight is 338 g/mol. The van der Waals surface area contributed by atoms with Crippen molar-refractivity contribution in [1.29, 1.82) is 0 Å². The molecule has 23 heavy (non-hydrogen) atoms. The Morgan fingerprint density at radius 3 is 2.65 bits per heavy atom. The van der Waals surface area contributed by atoms with Gasteiger partial charge < -0.3 is 4.74 Å². The molecule has 0 aromatic carbocycles. The van der Waals surface area contributed by atoms with Gasteiger partial charge in [0.1, 0.15) is 4.90 Å². The molecule has 0 unspecified atom stereocenters. The van der Waals surface area contributed by atoms with Gasteiger partial charge in [-0.25, -0.2) is 18.1 Å². The maximum absolute atomic E-state index is 12.4. The van der Waals surface area contributed by atoms with Gasteiger partial charge in [-0.15, -0.1) is 0 Å². The van der Waals surface area contributed by atoms with Crippen molar-refractivity contribution in [1.82, 2.24) is 19.5 Å². The zero-order valence-electron chi connectivity index (χ0n) is 13.8. The Kier molecular flexibility index (Phi) is 5.38. The number of nitrogens with one attached hydrogen (secondary N) is 1. The van der Waals surface area contributed by atoms with Crippen molar-refractivity contribution >= 4 is 10.0 Å². The highest BCUT2D eigenvalue weighted by atomic mass is 32.2. The summed E-state index contributed by atoms with van der Waals surface area (Å²) in [5.74, 6) is 0.548. The molecule has 0 fully saturated rings. The number of hydrogen-bond donors (Lipinski definition) is 1. The number of nitrogens with zero attached hydrogens (tertiary/aromatic N) is 3. The fourth-order valence-electron chi connectivity index (χ4n) is 2.35. The van der Waals surface area contributed by atoms with Gasteiger partial charge in [0, 0.05) is 31.8 Å². The quantitative estimate of drug-likeness (QED) is 0.823. The molecule has 2 heterocycles. The van der Waals surface area contributed by atoms with E-state index >= 15 is 0 Å². The Bertz CT molecular complexity index is 784. The number of aromatic nitrogens is 3. The maximum Gasteiger partial charge on any atom is 0.244 e. The molecule has 0 aliphatic carbocycles. The van der Waals surface area contributed by atoms with Crippen LogP contribution in [0.15, 0.2) is 23.1 Å². The first-order valence-corrected chi connectivity index (χ1v) is 8.92. The molecule has 0 radical (unpaired) electrons. The summed E-state index contributed by atoms with van der Waals surface area (Å²) in [6, 6.07) is 5.47. The minimum Gasteiger partial charge on any atom is -0.478 e. The average Bonchev–Trinajstić information content (AvgIpc) is 2.73. The van der Waals surface area contributed by atoms with E-state index in [2.05, 4.69) is 14.8 Å². The van der Waals surface area contributed by atoms with Gasteiger partial charge in [0.25, 0.3) is 0 Å². The Balaban J connectivity index is 2.04. The number of aryl methyl sites for hydroxylation is 2. The predicted molar refractivity (Wildman–Crippen MR) is 87.0 cm³/mol. The summed E-state index contributed by atoms with van der Waals surface area (Å²) in [6.07, 6.45) is 0.485. The van der Waals surface area contributed by atoms with Crippen molar-refractivity contribution in [2.75, 3.05) is 13.2 Å². The molecule has 126 valence electrons. The highest BCUT2D eigenvalue weighted by molar-refractivity contribution is 7.89. The third-order valence-corrected chi connectivity index (χ3v) is 5.17. The van der Waals surface area contributed by atoms with Crippen LogP contribution in [0, 0.1) is 13.8 Å². The van der Waals surface area contributed by atoms with Gasteiger partial charge in [-0.3, -0.25) is 4.68 Å². The maximum atomic E-state index is 12.4. The summed E-state index contributed by atoms with van der Waals surface area (Å²) >= 11 is 0. The summed E-state index contributed by atoms with van der Waals surface area (Å²) in [4.78, 5) is 4.57. The molecule has 0 saturated carbocycles. The fraction of sp³-hybridized carbons (Fsp3) is 0.467. The Hall–Kier alpha value is -1.93. The van der Waals surface area contributed by atoms with E-state index in [4.69, 9.17) is 4.74 Å². The van der Waals surface area contributed by atoms with Crippen LogP contribution in [-0.4, -0.2) is 36.3 Å². The molecule has 2 aromatic heterocycles. The normalized spacial score (nSPS) is 11.7. The van der Waals surface area contributed by atoms with E-state index in [9.17, 15) is 8.42 Å². The standard InChI is InChI=1S/C15H22N4O3S/c1-5-22-14-8-6-7-13(17-14)9-10-16-23(20,21)15-11(2)18-19(4)12(15)3/h6-8,16H,5,9-10H2,1-4H3. The summed E-state index contributed by atoms with van der Waals surface area (Å²) < 4.78 is 34.4. The van der Waals surface area contributed by atoms with E-state index in [0.717, 1.165) is 5.69 Å². The van der Waals surface area contributed by atoms with E-state index < -0.39 is 10.0 Å². The zero-order valence-corrected chi connectivity index (χ0v) is 14.6. The molecular weight excluding hydrogens is 316 g/mol. The monoisotopic (exact) mass is 338 g/mol. The van der Waals surface area contributed by atoms with Crippen LogP contribution >= 0.6 is 0 Å². The molecule has 0 amide bonds. The lowest BCUT2D eigenvalue weighted by Crippen LogP contribution is -2.27. The van der Waals surface area contributed by atoms with Crippen molar-refractivity contribution in [2.45, 2.75) is 32.1 Å². The van der Waals surface area contributed by atoms with Crippen molar-refractivity contribution in [3.63, 3.8) is 0 Å². The Morgan fingerprint density at radius 2 is 2.04 bits per heavy atom. The van der Waals surface area contributed by atoms with Gasteiger partial charge in [0.05, 0.1) is 18.0 Å². The smallest absolute Gasteiger partial charge is 0.244 e. The van der Waals surface area contributed by atoms with E-state index in [-0.39, 0.29) is 11.4 Å². The molecule has 0 aliphatic heterocycles. The van der Waals surface area contributed by atoms with E-state index in [1.807, 2.05) is 19.1 Å². The second kappa shape index (κ2) is 7.10. The number of pyridine rings is 1. The first-order chi connectivity index (χ1) is 10.8. The molecule has 1 N–H and O–H groups in total. The lowest BCUT2D eigenvalue weighted by atomic mass is 10.3. The van der Waals surface area contributed by atoms with Crippen LogP contribution in [0.2, 0.25) is 0 Å². The van der Waals surface area contributed by atoms with Crippen LogP contribution in [0.4, 0.5) is 0 Å². The van der Waals surface area contributed by atoms with Gasteiger partial charge >= 0.3 is 0 Å². The van der Waals surface area contributed by atoms with Crippen LogP contribution in [0.1, 0.15) is 24.0 Å². The molecule has 0 spiro atoms. The first-order valence-electron chi connectivity index (χ1n) is 7.43. The summed E-state index contributed by atoms with van der Waals surface area (Å²) in [7, 11) is -1.86. The SMILES string of the molecule is CCOc1cccc(CCNS(=O)(=O)c2c(C)nn(C)c2C)n1. The fourth-order valence-corrected chi connectivity index (χ4v) is 3.82. The molecule has 0 bridgehead atoms. The van der Waals surface area contributed by atoms with Crippen LogP contribution < -0.4 is 9.46 Å². The zero-order chi connectivity index (χ0) is 17.0. The lowest BCUT2D eigenvalue weighted by molar-refractivity contribution is 0.326. The largest absolute Gasteiger partial charge is 0.478 e. The summed E-state index contributed by atoms with van der Waals surface area (Å²) in [6.45, 7) is 6.12. The van der Waals surface area contributed by atoms with Gasteiger partial charge in [-0.05, 0) is 26.8 Å². The Morgan fingerprint density at radius 1 is 1.30 bits per heavy atom. The third kappa shape index (κ3) is 4.08. The molecule has 2 rings (SSSR count). The number of hydrogen-bond acceptors (Lipinski definition) is 5. The van der Waals surface area contributed by atoms with Crippen molar-refractivity contribution in [3.8, 4) is 5.88 Å². The van der Waals surface area contributed by atoms with Crippen LogP contribution in [0.5, 0.6) is 5.88 Å². The second-order valence-corrected chi connectivity index (χ2v) is 6.88. The van der Waals surface area contributed by atoms with E-state index in [0.29, 0.717) is 30.3 Å².